The summed E-state index contributed by atoms with van der Waals surface area (Å²) in [5.41, 5.74) is 2.76. The number of rotatable bonds is 14. The maximum atomic E-state index is 13.2. The number of hydrogen-bond acceptors (Lipinski definition) is 1. The zero-order valence-electron chi connectivity index (χ0n) is 31.7. The maximum Gasteiger partial charge on any atom is 0.0731 e. The van der Waals surface area contributed by atoms with Crippen LogP contribution in [0.1, 0.15) is 170 Å². The van der Waals surface area contributed by atoms with E-state index in [0.717, 1.165) is 41.9 Å². The number of allylic oxidation sites excluding steroid dienone is 7. The Balaban J connectivity index is 1.56. The molecule has 46 heavy (non-hydrogen) atoms. The first-order chi connectivity index (χ1) is 22.0. The lowest BCUT2D eigenvalue weighted by atomic mass is 9.49. The Morgan fingerprint density at radius 1 is 1.09 bits per heavy atom. The first kappa shape index (κ1) is 37.7. The molecule has 3 saturated carbocycles. The van der Waals surface area contributed by atoms with Gasteiger partial charge in [0, 0.05) is 0 Å². The highest BCUT2D eigenvalue weighted by atomic mass is 16.3. The summed E-state index contributed by atoms with van der Waals surface area (Å²) >= 11 is 0. The molecule has 0 bridgehead atoms. The van der Waals surface area contributed by atoms with Crippen molar-refractivity contribution in [3.8, 4) is 0 Å². The molecule has 4 aliphatic rings. The van der Waals surface area contributed by atoms with E-state index in [9.17, 15) is 5.11 Å². The largest absolute Gasteiger partial charge is 0.389 e. The first-order valence-corrected chi connectivity index (χ1v) is 20.4. The average molecular weight is 633 g/mol. The van der Waals surface area contributed by atoms with Gasteiger partial charge in [-0.05, 0) is 155 Å². The summed E-state index contributed by atoms with van der Waals surface area (Å²) in [6.45, 7) is 21.0. The van der Waals surface area contributed by atoms with E-state index in [-0.39, 0.29) is 5.41 Å². The fraction of sp³-hybridized carbons (Fsp3) is 0.822. The summed E-state index contributed by atoms with van der Waals surface area (Å²) < 4.78 is 0. The van der Waals surface area contributed by atoms with Crippen LogP contribution in [0.25, 0.3) is 0 Å². The van der Waals surface area contributed by atoms with Gasteiger partial charge in [0.2, 0.25) is 0 Å². The molecule has 0 radical (unpaired) electrons. The van der Waals surface area contributed by atoms with Crippen LogP contribution in [0.15, 0.2) is 48.1 Å². The Labute approximate surface area is 287 Å². The van der Waals surface area contributed by atoms with Gasteiger partial charge in [0.1, 0.15) is 0 Å². The van der Waals surface area contributed by atoms with Crippen molar-refractivity contribution < 1.29 is 5.11 Å². The fourth-order valence-corrected chi connectivity index (χ4v) is 11.4. The van der Waals surface area contributed by atoms with Crippen LogP contribution in [-0.4, -0.2) is 10.7 Å². The molecule has 4 rings (SSSR count). The standard InChI is InChI=1S/C45H76O/c1-9-11-13-19-37-20-15-21-38(31-37)35(6)18-16-29-44(8)30-28-39(42-23-14-17-36(7)41(42)22-12-10-2)32-43(44)45(46,33(3)4)40-26-24-34(5)25-27-40/h9,11,13,18,21,33-34,36-37,39-43,46H,1,10,12,14-17,19-20,22-32H2,2-8H3/b13-11-,35-18+/t34?,36?,37?,39-,40?,41?,42?,43?,44-,45?/m0/s1. The molecular formula is C45H76O. The van der Waals surface area contributed by atoms with E-state index in [0.29, 0.717) is 17.8 Å². The van der Waals surface area contributed by atoms with E-state index in [4.69, 9.17) is 0 Å². The molecular weight excluding hydrogens is 556 g/mol. The number of hydrogen-bond donors (Lipinski definition) is 1. The van der Waals surface area contributed by atoms with Gasteiger partial charge in [-0.25, -0.2) is 0 Å². The molecule has 0 aromatic heterocycles. The van der Waals surface area contributed by atoms with Crippen molar-refractivity contribution in [3.63, 3.8) is 0 Å². The van der Waals surface area contributed by atoms with Gasteiger partial charge < -0.3 is 5.11 Å². The molecule has 0 amide bonds. The van der Waals surface area contributed by atoms with Crippen molar-refractivity contribution in [1.29, 1.82) is 0 Å². The van der Waals surface area contributed by atoms with Gasteiger partial charge in [0.15, 0.2) is 0 Å². The molecule has 0 aromatic rings. The summed E-state index contributed by atoms with van der Waals surface area (Å²) in [6, 6.07) is 0. The molecule has 0 spiro atoms. The predicted octanol–water partition coefficient (Wildman–Crippen LogP) is 13.5. The van der Waals surface area contributed by atoms with Crippen molar-refractivity contribution in [1.82, 2.24) is 0 Å². The molecule has 1 nitrogen and oxygen atoms in total. The average Bonchev–Trinajstić information content (AvgIpc) is 3.04. The minimum Gasteiger partial charge on any atom is -0.389 e. The number of aliphatic hydroxyl groups is 1. The molecule has 6 unspecified atom stereocenters. The van der Waals surface area contributed by atoms with Crippen LogP contribution in [0.4, 0.5) is 0 Å². The van der Waals surface area contributed by atoms with Gasteiger partial charge in [0.25, 0.3) is 0 Å². The molecule has 4 aliphatic carbocycles. The minimum absolute atomic E-state index is 0.202. The van der Waals surface area contributed by atoms with Gasteiger partial charge in [0.05, 0.1) is 5.60 Å². The molecule has 0 heterocycles. The Hall–Kier alpha value is -1.08. The van der Waals surface area contributed by atoms with Crippen LogP contribution in [-0.2, 0) is 0 Å². The van der Waals surface area contributed by atoms with Crippen LogP contribution in [0.2, 0.25) is 0 Å². The third kappa shape index (κ3) is 9.12. The maximum absolute atomic E-state index is 13.2. The molecule has 1 heteroatoms. The zero-order chi connectivity index (χ0) is 33.3. The smallest absolute Gasteiger partial charge is 0.0731 e. The van der Waals surface area contributed by atoms with E-state index in [1.807, 2.05) is 6.08 Å². The highest BCUT2D eigenvalue weighted by Crippen LogP contribution is 2.59. The second-order valence-electron chi connectivity index (χ2n) is 17.8. The minimum atomic E-state index is -0.552. The summed E-state index contributed by atoms with van der Waals surface area (Å²) in [7, 11) is 0. The molecule has 262 valence electrons. The molecule has 1 N–H and O–H groups in total. The van der Waals surface area contributed by atoms with Crippen molar-refractivity contribution >= 4 is 0 Å². The van der Waals surface area contributed by atoms with Crippen molar-refractivity contribution in [2.75, 3.05) is 0 Å². The summed E-state index contributed by atoms with van der Waals surface area (Å²) in [6.07, 6.45) is 36.2. The van der Waals surface area contributed by atoms with Gasteiger partial charge in [-0.15, -0.1) is 0 Å². The Morgan fingerprint density at radius 3 is 2.54 bits per heavy atom. The summed E-state index contributed by atoms with van der Waals surface area (Å²) in [5.74, 6) is 6.21. The summed E-state index contributed by atoms with van der Waals surface area (Å²) in [4.78, 5) is 0. The fourth-order valence-electron chi connectivity index (χ4n) is 11.4. The lowest BCUT2D eigenvalue weighted by Crippen LogP contribution is -2.58. The molecule has 0 saturated heterocycles. The predicted molar refractivity (Wildman–Crippen MR) is 202 cm³/mol. The monoisotopic (exact) mass is 633 g/mol. The third-order valence-electron chi connectivity index (χ3n) is 14.5. The van der Waals surface area contributed by atoms with Crippen LogP contribution in [0.3, 0.4) is 0 Å². The van der Waals surface area contributed by atoms with Crippen molar-refractivity contribution in [3.05, 3.63) is 48.1 Å². The SMILES string of the molecule is C=C/C=C\CC1CCC=C(/C(C)=C/CC[C@@]2(C)CC[C@H](C3CCCC(C)C3CCCC)CC2C(O)(C(C)C)C2CCC(C)CC2)C1. The normalized spacial score (nSPS) is 37.7. The number of unbranched alkanes of at least 4 members (excludes halogenated alkanes) is 1. The molecule has 0 aliphatic heterocycles. The van der Waals surface area contributed by atoms with E-state index in [1.54, 1.807) is 5.57 Å². The zero-order valence-corrected chi connectivity index (χ0v) is 31.7. The van der Waals surface area contributed by atoms with Crippen LogP contribution in [0, 0.1) is 58.7 Å². The molecule has 3 fully saturated rings. The highest BCUT2D eigenvalue weighted by molar-refractivity contribution is 5.31. The molecule has 8 atom stereocenters. The summed E-state index contributed by atoms with van der Waals surface area (Å²) in [5, 5.41) is 13.2. The molecule has 0 aromatic carbocycles. The van der Waals surface area contributed by atoms with E-state index in [2.05, 4.69) is 79.3 Å². The quantitative estimate of drug-likeness (QED) is 0.189. The second kappa shape index (κ2) is 17.5. The Bertz CT molecular complexity index is 1020. The second-order valence-corrected chi connectivity index (χ2v) is 17.8. The Kier molecular flexibility index (Phi) is 14.4. The van der Waals surface area contributed by atoms with Crippen LogP contribution in [0.5, 0.6) is 0 Å². The van der Waals surface area contributed by atoms with Crippen LogP contribution >= 0.6 is 0 Å². The van der Waals surface area contributed by atoms with Crippen molar-refractivity contribution in [2.45, 2.75) is 176 Å². The van der Waals surface area contributed by atoms with E-state index < -0.39 is 5.60 Å². The topological polar surface area (TPSA) is 20.2 Å². The van der Waals surface area contributed by atoms with Gasteiger partial charge in [-0.1, -0.05) is 123 Å². The van der Waals surface area contributed by atoms with Gasteiger partial charge >= 0.3 is 0 Å². The van der Waals surface area contributed by atoms with Gasteiger partial charge in [-0.3, -0.25) is 0 Å². The Morgan fingerprint density at radius 2 is 1.85 bits per heavy atom. The lowest BCUT2D eigenvalue weighted by molar-refractivity contribution is -0.177. The van der Waals surface area contributed by atoms with Gasteiger partial charge in [-0.2, -0.15) is 0 Å². The lowest BCUT2D eigenvalue weighted by Gasteiger charge is -2.58. The highest BCUT2D eigenvalue weighted by Gasteiger charge is 2.56. The van der Waals surface area contributed by atoms with E-state index >= 15 is 0 Å². The first-order valence-electron chi connectivity index (χ1n) is 20.4. The third-order valence-corrected chi connectivity index (χ3v) is 14.5. The van der Waals surface area contributed by atoms with Crippen LogP contribution < -0.4 is 0 Å². The van der Waals surface area contributed by atoms with Crippen molar-refractivity contribution in [2.24, 2.45) is 58.7 Å². The van der Waals surface area contributed by atoms with E-state index in [1.165, 1.54) is 121 Å².